The van der Waals surface area contributed by atoms with Crippen LogP contribution < -0.4 is 0 Å². The van der Waals surface area contributed by atoms with Crippen molar-refractivity contribution in [3.05, 3.63) is 0 Å². The van der Waals surface area contributed by atoms with Crippen molar-refractivity contribution in [1.29, 1.82) is 0 Å². The number of hydrogen-bond donors (Lipinski definition) is 2. The SMILES string of the molecule is CN1CCCC(C(O)CCCO)C1. The monoisotopic (exact) mass is 187 g/mol. The molecule has 78 valence electrons. The Morgan fingerprint density at radius 3 is 2.92 bits per heavy atom. The van der Waals surface area contributed by atoms with Gasteiger partial charge in [0.2, 0.25) is 0 Å². The van der Waals surface area contributed by atoms with Gasteiger partial charge in [0.1, 0.15) is 0 Å². The van der Waals surface area contributed by atoms with Crippen LogP contribution in [-0.2, 0) is 0 Å². The number of piperidine rings is 1. The highest BCUT2D eigenvalue weighted by Crippen LogP contribution is 2.20. The summed E-state index contributed by atoms with van der Waals surface area (Å²) < 4.78 is 0. The van der Waals surface area contributed by atoms with E-state index in [4.69, 9.17) is 5.11 Å². The number of aliphatic hydroxyl groups is 2. The van der Waals surface area contributed by atoms with Crippen molar-refractivity contribution in [2.45, 2.75) is 31.8 Å². The van der Waals surface area contributed by atoms with E-state index in [0.717, 1.165) is 32.4 Å². The van der Waals surface area contributed by atoms with E-state index in [-0.39, 0.29) is 12.7 Å². The molecule has 0 radical (unpaired) electrons. The molecule has 1 aliphatic heterocycles. The fourth-order valence-corrected chi connectivity index (χ4v) is 2.06. The third kappa shape index (κ3) is 3.63. The molecule has 1 heterocycles. The van der Waals surface area contributed by atoms with Crippen LogP contribution in [0.25, 0.3) is 0 Å². The van der Waals surface area contributed by atoms with Crippen LogP contribution in [0.4, 0.5) is 0 Å². The van der Waals surface area contributed by atoms with Crippen molar-refractivity contribution in [3.63, 3.8) is 0 Å². The van der Waals surface area contributed by atoms with E-state index in [1.807, 2.05) is 0 Å². The minimum atomic E-state index is -0.213. The summed E-state index contributed by atoms with van der Waals surface area (Å²) in [6, 6.07) is 0. The smallest absolute Gasteiger partial charge is 0.0581 e. The second-order valence-electron chi connectivity index (χ2n) is 4.10. The molecule has 0 saturated carbocycles. The van der Waals surface area contributed by atoms with Gasteiger partial charge in [-0.15, -0.1) is 0 Å². The molecule has 2 N–H and O–H groups in total. The number of rotatable bonds is 4. The molecule has 2 unspecified atom stereocenters. The van der Waals surface area contributed by atoms with E-state index in [2.05, 4.69) is 11.9 Å². The van der Waals surface area contributed by atoms with Gasteiger partial charge in [0.25, 0.3) is 0 Å². The lowest BCUT2D eigenvalue weighted by Crippen LogP contribution is -2.38. The summed E-state index contributed by atoms with van der Waals surface area (Å²) in [4.78, 5) is 2.27. The minimum Gasteiger partial charge on any atom is -0.396 e. The van der Waals surface area contributed by atoms with E-state index < -0.39 is 0 Å². The van der Waals surface area contributed by atoms with Crippen molar-refractivity contribution < 1.29 is 10.2 Å². The first-order valence-corrected chi connectivity index (χ1v) is 5.21. The van der Waals surface area contributed by atoms with Gasteiger partial charge in [-0.1, -0.05) is 0 Å². The topological polar surface area (TPSA) is 43.7 Å². The molecule has 0 aromatic heterocycles. The van der Waals surface area contributed by atoms with Gasteiger partial charge >= 0.3 is 0 Å². The summed E-state index contributed by atoms with van der Waals surface area (Å²) in [6.07, 6.45) is 3.58. The first-order chi connectivity index (χ1) is 6.24. The molecule has 0 aromatic rings. The van der Waals surface area contributed by atoms with Crippen molar-refractivity contribution in [2.75, 3.05) is 26.7 Å². The van der Waals surface area contributed by atoms with Gasteiger partial charge in [-0.3, -0.25) is 0 Å². The van der Waals surface area contributed by atoms with E-state index >= 15 is 0 Å². The predicted molar refractivity (Wildman–Crippen MR) is 52.5 cm³/mol. The normalized spacial score (nSPS) is 27.5. The maximum atomic E-state index is 9.79. The van der Waals surface area contributed by atoms with E-state index in [1.54, 1.807) is 0 Å². The molecule has 1 rings (SSSR count). The number of hydrogen-bond acceptors (Lipinski definition) is 3. The number of likely N-dealkylation sites (tertiary alicyclic amines) is 1. The Balaban J connectivity index is 2.24. The zero-order valence-electron chi connectivity index (χ0n) is 8.45. The summed E-state index contributed by atoms with van der Waals surface area (Å²) in [7, 11) is 2.10. The van der Waals surface area contributed by atoms with Crippen LogP contribution in [0.5, 0.6) is 0 Å². The van der Waals surface area contributed by atoms with Crippen LogP contribution in [0.2, 0.25) is 0 Å². The van der Waals surface area contributed by atoms with E-state index in [0.29, 0.717) is 5.92 Å². The summed E-state index contributed by atoms with van der Waals surface area (Å²) >= 11 is 0. The third-order valence-corrected chi connectivity index (χ3v) is 2.86. The van der Waals surface area contributed by atoms with Crippen LogP contribution >= 0.6 is 0 Å². The van der Waals surface area contributed by atoms with Crippen molar-refractivity contribution in [2.24, 2.45) is 5.92 Å². The highest BCUT2D eigenvalue weighted by Gasteiger charge is 2.23. The van der Waals surface area contributed by atoms with Gasteiger partial charge in [-0.05, 0) is 45.2 Å². The third-order valence-electron chi connectivity index (χ3n) is 2.86. The number of aliphatic hydroxyl groups excluding tert-OH is 2. The molecule has 1 aliphatic rings. The lowest BCUT2D eigenvalue weighted by Gasteiger charge is -2.32. The highest BCUT2D eigenvalue weighted by molar-refractivity contribution is 4.76. The zero-order valence-corrected chi connectivity index (χ0v) is 8.45. The molecule has 0 aliphatic carbocycles. The minimum absolute atomic E-state index is 0.194. The van der Waals surface area contributed by atoms with Gasteiger partial charge < -0.3 is 15.1 Å². The Bertz CT molecular complexity index is 141. The first-order valence-electron chi connectivity index (χ1n) is 5.21. The summed E-state index contributed by atoms with van der Waals surface area (Å²) in [5.74, 6) is 0.422. The van der Waals surface area contributed by atoms with Crippen LogP contribution in [0, 0.1) is 5.92 Å². The summed E-state index contributed by atoms with van der Waals surface area (Å²) in [6.45, 7) is 2.36. The van der Waals surface area contributed by atoms with Gasteiger partial charge in [0, 0.05) is 13.2 Å². The quantitative estimate of drug-likeness (QED) is 0.672. The van der Waals surface area contributed by atoms with Gasteiger partial charge in [0.05, 0.1) is 6.10 Å². The van der Waals surface area contributed by atoms with Crippen LogP contribution in [0.3, 0.4) is 0 Å². The lowest BCUT2D eigenvalue weighted by atomic mass is 9.90. The molecular formula is C10H21NO2. The molecule has 0 amide bonds. The second-order valence-corrected chi connectivity index (χ2v) is 4.10. The molecule has 3 nitrogen and oxygen atoms in total. The zero-order chi connectivity index (χ0) is 9.68. The molecular weight excluding hydrogens is 166 g/mol. The fraction of sp³-hybridized carbons (Fsp3) is 1.00. The molecule has 2 atom stereocenters. The molecule has 1 saturated heterocycles. The van der Waals surface area contributed by atoms with Crippen molar-refractivity contribution in [3.8, 4) is 0 Å². The largest absolute Gasteiger partial charge is 0.396 e. The number of nitrogens with zero attached hydrogens (tertiary/aromatic N) is 1. The van der Waals surface area contributed by atoms with Crippen LogP contribution in [0.1, 0.15) is 25.7 Å². The Morgan fingerprint density at radius 1 is 1.54 bits per heavy atom. The van der Waals surface area contributed by atoms with Crippen LogP contribution in [0.15, 0.2) is 0 Å². The summed E-state index contributed by atoms with van der Waals surface area (Å²) in [5, 5.41) is 18.4. The average molecular weight is 187 g/mol. The van der Waals surface area contributed by atoms with Crippen molar-refractivity contribution in [1.82, 2.24) is 4.90 Å². The maximum absolute atomic E-state index is 9.79. The van der Waals surface area contributed by atoms with Crippen LogP contribution in [-0.4, -0.2) is 48.0 Å². The standard InChI is InChI=1S/C10H21NO2/c1-11-6-2-4-9(8-11)10(13)5-3-7-12/h9-10,12-13H,2-8H2,1H3. The first kappa shape index (κ1) is 11.0. The lowest BCUT2D eigenvalue weighted by molar-refractivity contribution is 0.0488. The molecule has 13 heavy (non-hydrogen) atoms. The predicted octanol–water partition coefficient (Wildman–Crippen LogP) is 0.462. The maximum Gasteiger partial charge on any atom is 0.0581 e. The molecule has 0 bridgehead atoms. The Morgan fingerprint density at radius 2 is 2.31 bits per heavy atom. The summed E-state index contributed by atoms with van der Waals surface area (Å²) in [5.41, 5.74) is 0. The molecule has 0 aromatic carbocycles. The second kappa shape index (κ2) is 5.58. The molecule has 1 fully saturated rings. The fourth-order valence-electron chi connectivity index (χ4n) is 2.06. The Kier molecular flexibility index (Phi) is 4.70. The average Bonchev–Trinajstić information content (AvgIpc) is 2.14. The van der Waals surface area contributed by atoms with Gasteiger partial charge in [0.15, 0.2) is 0 Å². The highest BCUT2D eigenvalue weighted by atomic mass is 16.3. The van der Waals surface area contributed by atoms with Gasteiger partial charge in [-0.25, -0.2) is 0 Å². The van der Waals surface area contributed by atoms with Gasteiger partial charge in [-0.2, -0.15) is 0 Å². The Labute approximate surface area is 80.4 Å². The molecule has 3 heteroatoms. The van der Waals surface area contributed by atoms with E-state index in [1.165, 1.54) is 6.42 Å². The van der Waals surface area contributed by atoms with Crippen molar-refractivity contribution >= 4 is 0 Å². The Hall–Kier alpha value is -0.120. The molecule has 0 spiro atoms. The van der Waals surface area contributed by atoms with E-state index in [9.17, 15) is 5.11 Å².